The van der Waals surface area contributed by atoms with Crippen molar-refractivity contribution in [3.63, 3.8) is 0 Å². The van der Waals surface area contributed by atoms with Crippen molar-refractivity contribution in [3.05, 3.63) is 46.3 Å². The van der Waals surface area contributed by atoms with Crippen LogP contribution < -0.4 is 4.74 Å². The second-order valence-electron chi connectivity index (χ2n) is 4.48. The summed E-state index contributed by atoms with van der Waals surface area (Å²) in [5, 5.41) is 9.15. The third-order valence-corrected chi connectivity index (χ3v) is 3.14. The van der Waals surface area contributed by atoms with Gasteiger partial charge in [-0.25, -0.2) is 14.8 Å². The van der Waals surface area contributed by atoms with Gasteiger partial charge in [-0.05, 0) is 24.1 Å². The molecule has 20 heavy (non-hydrogen) atoms. The number of hydrogen-bond acceptors (Lipinski definition) is 4. The smallest absolute Gasteiger partial charge is 0.339 e. The Morgan fingerprint density at radius 1 is 1.30 bits per heavy atom. The van der Waals surface area contributed by atoms with E-state index >= 15 is 0 Å². The van der Waals surface area contributed by atoms with Gasteiger partial charge in [0, 0.05) is 10.5 Å². The predicted octanol–water partition coefficient (Wildman–Crippen LogP) is 3.85. The zero-order chi connectivity index (χ0) is 14.7. The van der Waals surface area contributed by atoms with Crippen LogP contribution in [-0.4, -0.2) is 21.0 Å². The summed E-state index contributed by atoms with van der Waals surface area (Å²) in [6.07, 6.45) is 1.41. The number of nitrogens with zero attached hydrogens (tertiary/aromatic N) is 2. The maximum absolute atomic E-state index is 11.2. The minimum Gasteiger partial charge on any atom is -0.478 e. The van der Waals surface area contributed by atoms with Gasteiger partial charge >= 0.3 is 5.97 Å². The first-order valence-corrected chi connectivity index (χ1v) is 6.79. The summed E-state index contributed by atoms with van der Waals surface area (Å²) in [7, 11) is 0. The Hall–Kier alpha value is -1.95. The molecule has 1 aromatic carbocycles. The van der Waals surface area contributed by atoms with E-state index in [2.05, 4.69) is 25.9 Å². The first-order chi connectivity index (χ1) is 9.47. The van der Waals surface area contributed by atoms with Crippen LogP contribution in [0.1, 0.15) is 35.8 Å². The molecule has 0 radical (unpaired) electrons. The first kappa shape index (κ1) is 14.5. The minimum absolute atomic E-state index is 0.0814. The molecular weight excluding hydrogens is 324 g/mol. The molecule has 0 fully saturated rings. The number of carboxylic acids is 1. The van der Waals surface area contributed by atoms with Gasteiger partial charge in [-0.1, -0.05) is 29.8 Å². The van der Waals surface area contributed by atoms with E-state index in [1.54, 1.807) is 18.2 Å². The highest BCUT2D eigenvalue weighted by atomic mass is 79.9. The Labute approximate surface area is 124 Å². The molecule has 0 spiro atoms. The number of aromatic nitrogens is 2. The number of ether oxygens (including phenoxy) is 1. The number of aromatic carboxylic acids is 1. The fourth-order valence-corrected chi connectivity index (χ4v) is 1.94. The van der Waals surface area contributed by atoms with Gasteiger partial charge in [0.15, 0.2) is 0 Å². The highest BCUT2D eigenvalue weighted by Gasteiger charge is 2.13. The number of benzene rings is 1. The Morgan fingerprint density at radius 2 is 2.05 bits per heavy atom. The van der Waals surface area contributed by atoms with Gasteiger partial charge in [0.05, 0.1) is 5.69 Å². The van der Waals surface area contributed by atoms with Gasteiger partial charge in [-0.2, -0.15) is 0 Å². The summed E-state index contributed by atoms with van der Waals surface area (Å²) in [4.78, 5) is 19.3. The lowest BCUT2D eigenvalue weighted by atomic mass is 10.1. The quantitative estimate of drug-likeness (QED) is 0.917. The van der Waals surface area contributed by atoms with Crippen LogP contribution in [0.25, 0.3) is 0 Å². The molecule has 5 nitrogen and oxygen atoms in total. The van der Waals surface area contributed by atoms with Gasteiger partial charge in [-0.3, -0.25) is 0 Å². The van der Waals surface area contributed by atoms with Gasteiger partial charge < -0.3 is 9.84 Å². The van der Waals surface area contributed by atoms with E-state index in [9.17, 15) is 4.79 Å². The second-order valence-corrected chi connectivity index (χ2v) is 5.40. The second kappa shape index (κ2) is 6.00. The third kappa shape index (κ3) is 3.33. The summed E-state index contributed by atoms with van der Waals surface area (Å²) in [5.74, 6) is -0.253. The average molecular weight is 337 g/mol. The monoisotopic (exact) mass is 336 g/mol. The normalized spacial score (nSPS) is 10.6. The Bertz CT molecular complexity index is 644. The summed E-state index contributed by atoms with van der Waals surface area (Å²) in [5.41, 5.74) is 0.916. The van der Waals surface area contributed by atoms with Crippen LogP contribution in [0.15, 0.2) is 35.1 Å². The molecule has 6 heteroatoms. The van der Waals surface area contributed by atoms with Crippen LogP contribution >= 0.6 is 15.9 Å². The molecule has 0 saturated carbocycles. The van der Waals surface area contributed by atoms with Crippen molar-refractivity contribution < 1.29 is 14.6 Å². The summed E-state index contributed by atoms with van der Waals surface area (Å²) < 4.78 is 6.31. The molecule has 0 bridgehead atoms. The molecular formula is C14H13BrN2O3. The van der Waals surface area contributed by atoms with Crippen molar-refractivity contribution in [2.45, 2.75) is 19.8 Å². The van der Waals surface area contributed by atoms with Crippen molar-refractivity contribution >= 4 is 21.9 Å². The maximum Gasteiger partial charge on any atom is 0.339 e. The summed E-state index contributed by atoms with van der Waals surface area (Å²) >= 11 is 3.29. The maximum atomic E-state index is 11.2. The molecule has 0 aliphatic heterocycles. The van der Waals surface area contributed by atoms with Crippen molar-refractivity contribution in [1.29, 1.82) is 0 Å². The first-order valence-electron chi connectivity index (χ1n) is 6.00. The van der Waals surface area contributed by atoms with Crippen LogP contribution in [-0.2, 0) is 0 Å². The number of rotatable bonds is 4. The molecule has 0 unspecified atom stereocenters. The Balaban J connectivity index is 2.36. The number of halogens is 1. The van der Waals surface area contributed by atoms with Gasteiger partial charge in [0.2, 0.25) is 5.88 Å². The Kier molecular flexibility index (Phi) is 4.34. The highest BCUT2D eigenvalue weighted by molar-refractivity contribution is 9.10. The summed E-state index contributed by atoms with van der Waals surface area (Å²) in [6.45, 7) is 4.02. The van der Waals surface area contributed by atoms with Crippen molar-refractivity contribution in [3.8, 4) is 11.6 Å². The molecule has 0 aliphatic rings. The largest absolute Gasteiger partial charge is 0.478 e. The fourth-order valence-electron chi connectivity index (χ4n) is 1.59. The minimum atomic E-state index is -1.05. The zero-order valence-electron chi connectivity index (χ0n) is 11.0. The van der Waals surface area contributed by atoms with E-state index in [0.717, 1.165) is 10.2 Å². The molecule has 1 N–H and O–H groups in total. The molecule has 2 rings (SSSR count). The van der Waals surface area contributed by atoms with Gasteiger partial charge in [-0.15, -0.1) is 0 Å². The van der Waals surface area contributed by atoms with Gasteiger partial charge in [0.25, 0.3) is 0 Å². The Morgan fingerprint density at radius 3 is 2.70 bits per heavy atom. The van der Waals surface area contributed by atoms with E-state index < -0.39 is 5.97 Å². The molecule has 0 saturated heterocycles. The van der Waals surface area contributed by atoms with Crippen LogP contribution in [0, 0.1) is 0 Å². The average Bonchev–Trinajstić information content (AvgIpc) is 2.38. The van der Waals surface area contributed by atoms with Crippen LogP contribution in [0.5, 0.6) is 11.6 Å². The topological polar surface area (TPSA) is 72.3 Å². The van der Waals surface area contributed by atoms with Crippen LogP contribution in [0.2, 0.25) is 0 Å². The molecule has 2 aromatic rings. The number of carbonyl (C=O) groups is 1. The van der Waals surface area contributed by atoms with Crippen molar-refractivity contribution in [1.82, 2.24) is 9.97 Å². The molecule has 0 amide bonds. The van der Waals surface area contributed by atoms with E-state index in [-0.39, 0.29) is 17.2 Å². The molecule has 1 aromatic heterocycles. The molecule has 0 atom stereocenters. The van der Waals surface area contributed by atoms with Gasteiger partial charge in [0.1, 0.15) is 17.6 Å². The van der Waals surface area contributed by atoms with Crippen LogP contribution in [0.4, 0.5) is 0 Å². The molecule has 0 aliphatic carbocycles. The van der Waals surface area contributed by atoms with E-state index in [0.29, 0.717) is 5.88 Å². The lowest BCUT2D eigenvalue weighted by molar-refractivity contribution is 0.0694. The van der Waals surface area contributed by atoms with E-state index in [1.165, 1.54) is 12.4 Å². The fraction of sp³-hybridized carbons (Fsp3) is 0.214. The highest BCUT2D eigenvalue weighted by Crippen LogP contribution is 2.28. The predicted molar refractivity (Wildman–Crippen MR) is 77.3 cm³/mol. The number of carboxylic acid groups (broad SMARTS) is 1. The van der Waals surface area contributed by atoms with Crippen molar-refractivity contribution in [2.24, 2.45) is 0 Å². The SMILES string of the molecule is CC(C)c1cc(Oc2cc(Br)ccc2C(=O)O)ncn1. The van der Waals surface area contributed by atoms with Crippen molar-refractivity contribution in [2.75, 3.05) is 0 Å². The zero-order valence-corrected chi connectivity index (χ0v) is 12.6. The van der Waals surface area contributed by atoms with E-state index in [1.807, 2.05) is 13.8 Å². The summed E-state index contributed by atoms with van der Waals surface area (Å²) in [6, 6.07) is 6.43. The standard InChI is InChI=1S/C14H13BrN2O3/c1-8(2)11-6-13(17-7-16-11)20-12-5-9(15)3-4-10(12)14(18)19/h3-8H,1-2H3,(H,18,19). The van der Waals surface area contributed by atoms with Crippen LogP contribution in [0.3, 0.4) is 0 Å². The molecule has 104 valence electrons. The lowest BCUT2D eigenvalue weighted by Crippen LogP contribution is -2.01. The molecule has 1 heterocycles. The lowest BCUT2D eigenvalue weighted by Gasteiger charge is -2.10. The third-order valence-electron chi connectivity index (χ3n) is 2.64. The number of hydrogen-bond donors (Lipinski definition) is 1. The van der Waals surface area contributed by atoms with E-state index in [4.69, 9.17) is 9.84 Å².